The van der Waals surface area contributed by atoms with Gasteiger partial charge in [0.25, 0.3) is 0 Å². The molecule has 0 radical (unpaired) electrons. The van der Waals surface area contributed by atoms with E-state index in [0.29, 0.717) is 0 Å². The van der Waals surface area contributed by atoms with Crippen LogP contribution in [-0.2, 0) is 13.1 Å². The Morgan fingerprint density at radius 2 is 2.00 bits per heavy atom. The molecule has 0 aliphatic heterocycles. The first-order valence-electron chi connectivity index (χ1n) is 7.66. The third kappa shape index (κ3) is 3.62. The van der Waals surface area contributed by atoms with Crippen molar-refractivity contribution >= 4 is 12.4 Å². The van der Waals surface area contributed by atoms with E-state index in [4.69, 9.17) is 9.84 Å². The zero-order chi connectivity index (χ0) is 14.7. The molecule has 3 rings (SSSR count). The lowest BCUT2D eigenvalue weighted by Crippen LogP contribution is -2.19. The fourth-order valence-electron chi connectivity index (χ4n) is 2.79. The van der Waals surface area contributed by atoms with E-state index in [1.165, 1.54) is 30.5 Å². The first-order valence-corrected chi connectivity index (χ1v) is 7.66. The largest absolute Gasteiger partial charge is 0.497 e. The maximum Gasteiger partial charge on any atom is 0.118 e. The Labute approximate surface area is 138 Å². The van der Waals surface area contributed by atoms with Crippen molar-refractivity contribution in [2.75, 3.05) is 14.2 Å². The van der Waals surface area contributed by atoms with Crippen LogP contribution in [0.4, 0.5) is 0 Å². The quantitative estimate of drug-likeness (QED) is 0.885. The summed E-state index contributed by atoms with van der Waals surface area (Å²) in [5.41, 5.74) is 3.50. The van der Waals surface area contributed by atoms with Gasteiger partial charge in [0, 0.05) is 18.7 Å². The molecule has 5 heteroatoms. The lowest BCUT2D eigenvalue weighted by Gasteiger charge is -2.25. The maximum absolute atomic E-state index is 5.24. The molecule has 4 nitrogen and oxygen atoms in total. The number of halogens is 1. The fraction of sp³-hybridized carbons (Fsp3) is 0.471. The van der Waals surface area contributed by atoms with Gasteiger partial charge in [-0.3, -0.25) is 4.68 Å². The van der Waals surface area contributed by atoms with E-state index in [1.807, 2.05) is 19.2 Å². The van der Waals surface area contributed by atoms with E-state index in [9.17, 15) is 0 Å². The van der Waals surface area contributed by atoms with Gasteiger partial charge < -0.3 is 10.1 Å². The van der Waals surface area contributed by atoms with Crippen LogP contribution in [-0.4, -0.2) is 23.9 Å². The second-order valence-corrected chi connectivity index (χ2v) is 5.76. The molecule has 0 bridgehead atoms. The molecule has 0 atom stereocenters. The second kappa shape index (κ2) is 7.65. The molecule has 120 valence electrons. The van der Waals surface area contributed by atoms with Crippen LogP contribution in [0.5, 0.6) is 5.75 Å². The molecule has 2 aromatic rings. The Morgan fingerprint density at radius 3 is 2.55 bits per heavy atom. The average Bonchev–Trinajstić information content (AvgIpc) is 2.86. The van der Waals surface area contributed by atoms with Crippen molar-refractivity contribution in [2.24, 2.45) is 5.92 Å². The molecule has 0 saturated heterocycles. The highest BCUT2D eigenvalue weighted by Crippen LogP contribution is 2.30. The summed E-state index contributed by atoms with van der Waals surface area (Å²) in [5.74, 6) is 1.68. The van der Waals surface area contributed by atoms with Gasteiger partial charge in [0.1, 0.15) is 5.75 Å². The molecule has 1 N–H and O–H groups in total. The number of hydrogen-bond acceptors (Lipinski definition) is 3. The van der Waals surface area contributed by atoms with Crippen molar-refractivity contribution in [1.82, 2.24) is 15.1 Å². The molecule has 0 unspecified atom stereocenters. The first-order chi connectivity index (χ1) is 10.3. The van der Waals surface area contributed by atoms with Gasteiger partial charge in [0.05, 0.1) is 18.5 Å². The Morgan fingerprint density at radius 1 is 1.27 bits per heavy atom. The number of aromatic nitrogens is 2. The van der Waals surface area contributed by atoms with Crippen molar-refractivity contribution in [1.29, 1.82) is 0 Å². The minimum atomic E-state index is 0. The van der Waals surface area contributed by atoms with E-state index in [1.54, 1.807) is 7.11 Å². The summed E-state index contributed by atoms with van der Waals surface area (Å²) in [6, 6.07) is 10.4. The zero-order valence-corrected chi connectivity index (χ0v) is 14.0. The topological polar surface area (TPSA) is 39.1 Å². The van der Waals surface area contributed by atoms with E-state index in [2.05, 4.69) is 28.2 Å². The molecule has 1 heterocycles. The summed E-state index contributed by atoms with van der Waals surface area (Å²) in [7, 11) is 3.65. The number of hydrogen-bond donors (Lipinski definition) is 1. The Bertz CT molecular complexity index is 590. The lowest BCUT2D eigenvalue weighted by molar-refractivity contribution is 0.267. The highest BCUT2D eigenvalue weighted by atomic mass is 35.5. The molecule has 1 aromatic carbocycles. The molecule has 1 aliphatic rings. The Hall–Kier alpha value is -1.52. The Balaban J connectivity index is 0.00000176. The number of nitrogens with one attached hydrogen (secondary N) is 1. The van der Waals surface area contributed by atoms with Gasteiger partial charge in [-0.1, -0.05) is 6.42 Å². The van der Waals surface area contributed by atoms with Crippen molar-refractivity contribution < 1.29 is 4.74 Å². The smallest absolute Gasteiger partial charge is 0.118 e. The molecule has 22 heavy (non-hydrogen) atoms. The molecule has 1 aromatic heterocycles. The summed E-state index contributed by atoms with van der Waals surface area (Å²) in [6.45, 7) is 1.84. The van der Waals surface area contributed by atoms with Crippen molar-refractivity contribution in [2.45, 2.75) is 32.4 Å². The van der Waals surface area contributed by atoms with Crippen LogP contribution in [0.15, 0.2) is 30.3 Å². The standard InChI is InChI=1S/C17H23N3O.ClH/c1-18-11-15-10-17(14-6-8-16(21-2)9-7-14)20(19-15)12-13-4-3-5-13;/h6-10,13,18H,3-5,11-12H2,1-2H3;1H. The number of benzene rings is 1. The minimum absolute atomic E-state index is 0. The summed E-state index contributed by atoms with van der Waals surface area (Å²) >= 11 is 0. The third-order valence-electron chi connectivity index (χ3n) is 4.23. The second-order valence-electron chi connectivity index (χ2n) is 5.76. The van der Waals surface area contributed by atoms with Crippen LogP contribution in [0, 0.1) is 5.92 Å². The predicted molar refractivity (Wildman–Crippen MR) is 91.6 cm³/mol. The van der Waals surface area contributed by atoms with Gasteiger partial charge in [0.15, 0.2) is 0 Å². The van der Waals surface area contributed by atoms with Crippen molar-refractivity contribution in [3.8, 4) is 17.0 Å². The molecule has 0 amide bonds. The molecule has 0 spiro atoms. The first kappa shape index (κ1) is 16.8. The summed E-state index contributed by atoms with van der Waals surface area (Å²) in [5, 5.41) is 7.94. The molecule has 1 fully saturated rings. The van der Waals surface area contributed by atoms with Crippen molar-refractivity contribution in [3.63, 3.8) is 0 Å². The SMILES string of the molecule is CNCc1cc(-c2ccc(OC)cc2)n(CC2CCC2)n1.Cl. The van der Waals surface area contributed by atoms with E-state index < -0.39 is 0 Å². The number of ether oxygens (including phenoxy) is 1. The fourth-order valence-corrected chi connectivity index (χ4v) is 2.79. The molecular weight excluding hydrogens is 298 g/mol. The van der Waals surface area contributed by atoms with E-state index in [0.717, 1.165) is 30.5 Å². The van der Waals surface area contributed by atoms with Gasteiger partial charge in [0.2, 0.25) is 0 Å². The van der Waals surface area contributed by atoms with Gasteiger partial charge in [-0.25, -0.2) is 0 Å². The summed E-state index contributed by atoms with van der Waals surface area (Å²) in [4.78, 5) is 0. The predicted octanol–water partition coefficient (Wildman–Crippen LogP) is 3.50. The number of nitrogens with zero attached hydrogens (tertiary/aromatic N) is 2. The average molecular weight is 322 g/mol. The van der Waals surface area contributed by atoms with Crippen LogP contribution in [0.1, 0.15) is 25.0 Å². The van der Waals surface area contributed by atoms with Crippen LogP contribution >= 0.6 is 12.4 Å². The third-order valence-corrected chi connectivity index (χ3v) is 4.23. The Kier molecular flexibility index (Phi) is 5.86. The monoisotopic (exact) mass is 321 g/mol. The maximum atomic E-state index is 5.24. The minimum Gasteiger partial charge on any atom is -0.497 e. The van der Waals surface area contributed by atoms with Gasteiger partial charge in [-0.05, 0) is 56.1 Å². The number of methoxy groups -OCH3 is 1. The van der Waals surface area contributed by atoms with E-state index >= 15 is 0 Å². The van der Waals surface area contributed by atoms with Crippen LogP contribution in [0.3, 0.4) is 0 Å². The molecule has 1 saturated carbocycles. The molecular formula is C17H24ClN3O. The van der Waals surface area contributed by atoms with Crippen molar-refractivity contribution in [3.05, 3.63) is 36.0 Å². The summed E-state index contributed by atoms with van der Waals surface area (Å²) < 4.78 is 7.42. The van der Waals surface area contributed by atoms with Crippen LogP contribution in [0.2, 0.25) is 0 Å². The molecule has 1 aliphatic carbocycles. The highest BCUT2D eigenvalue weighted by molar-refractivity contribution is 5.85. The van der Waals surface area contributed by atoms with E-state index in [-0.39, 0.29) is 12.4 Å². The van der Waals surface area contributed by atoms with Gasteiger partial charge in [-0.2, -0.15) is 5.10 Å². The highest BCUT2D eigenvalue weighted by Gasteiger charge is 2.20. The van der Waals surface area contributed by atoms with Crippen LogP contribution in [0.25, 0.3) is 11.3 Å². The van der Waals surface area contributed by atoms with Gasteiger partial charge in [-0.15, -0.1) is 12.4 Å². The normalized spacial score (nSPS) is 14.3. The summed E-state index contributed by atoms with van der Waals surface area (Å²) in [6.07, 6.45) is 4.04. The zero-order valence-electron chi connectivity index (χ0n) is 13.2. The van der Waals surface area contributed by atoms with Gasteiger partial charge >= 0.3 is 0 Å². The van der Waals surface area contributed by atoms with Crippen LogP contribution < -0.4 is 10.1 Å². The lowest BCUT2D eigenvalue weighted by atomic mass is 9.85. The number of rotatable bonds is 6.